The normalized spacial score (nSPS) is 15.8. The lowest BCUT2D eigenvalue weighted by Crippen LogP contribution is -2.24. The molecule has 1 aliphatic carbocycles. The van der Waals surface area contributed by atoms with E-state index in [4.69, 9.17) is 0 Å². The molecule has 0 radical (unpaired) electrons. The molecule has 4 aromatic rings. The second-order valence-electron chi connectivity index (χ2n) is 8.17. The van der Waals surface area contributed by atoms with E-state index in [2.05, 4.69) is 26.1 Å². The van der Waals surface area contributed by atoms with Gasteiger partial charge in [0.05, 0.1) is 16.8 Å². The van der Waals surface area contributed by atoms with Crippen molar-refractivity contribution in [1.29, 1.82) is 0 Å². The van der Waals surface area contributed by atoms with Crippen LogP contribution in [0.4, 0.5) is 13.2 Å². The van der Waals surface area contributed by atoms with Crippen molar-refractivity contribution < 1.29 is 13.2 Å². The van der Waals surface area contributed by atoms with Crippen molar-refractivity contribution in [3.05, 3.63) is 81.0 Å². The van der Waals surface area contributed by atoms with Crippen molar-refractivity contribution in [3.63, 3.8) is 0 Å². The number of fused-ring (bicyclic) bond motifs is 1. The largest absolute Gasteiger partial charge is 0.418 e. The first-order valence-corrected chi connectivity index (χ1v) is 11.0. The third-order valence-electron chi connectivity index (χ3n) is 6.19. The second kappa shape index (κ2) is 7.61. The van der Waals surface area contributed by atoms with Crippen molar-refractivity contribution in [2.75, 3.05) is 0 Å². The molecule has 0 saturated heterocycles. The Bertz CT molecular complexity index is 1370. The maximum absolute atomic E-state index is 13.6. The van der Waals surface area contributed by atoms with E-state index in [1.807, 2.05) is 29.8 Å². The molecule has 32 heavy (non-hydrogen) atoms. The topological polar surface area (TPSA) is 57.1 Å². The minimum absolute atomic E-state index is 0.00353. The van der Waals surface area contributed by atoms with Gasteiger partial charge in [-0.15, -0.1) is 10.2 Å². The molecule has 0 amide bonds. The van der Waals surface area contributed by atoms with Gasteiger partial charge in [-0.05, 0) is 58.5 Å². The molecule has 1 saturated carbocycles. The summed E-state index contributed by atoms with van der Waals surface area (Å²) in [5.41, 5.74) is -0.164. The molecule has 5 rings (SSSR count). The highest BCUT2D eigenvalue weighted by atomic mass is 79.9. The summed E-state index contributed by atoms with van der Waals surface area (Å²) in [5, 5.41) is 8.33. The van der Waals surface area contributed by atoms with Crippen LogP contribution >= 0.6 is 15.9 Å². The first-order chi connectivity index (χ1) is 15.2. The molecule has 0 bridgehead atoms. The van der Waals surface area contributed by atoms with Crippen LogP contribution in [-0.2, 0) is 13.2 Å². The summed E-state index contributed by atoms with van der Waals surface area (Å²) >= 11 is 3.08. The van der Waals surface area contributed by atoms with Crippen LogP contribution in [0.3, 0.4) is 0 Å². The van der Waals surface area contributed by atoms with Gasteiger partial charge in [-0.2, -0.15) is 13.2 Å². The average molecular weight is 506 g/mol. The molecular weight excluding hydrogens is 487 g/mol. The summed E-state index contributed by atoms with van der Waals surface area (Å²) in [7, 11) is 1.90. The first-order valence-electron chi connectivity index (χ1n) is 10.2. The maximum atomic E-state index is 13.6. The molecule has 10 heteroatoms. The first kappa shape index (κ1) is 21.0. The molecule has 0 aliphatic heterocycles. The van der Waals surface area contributed by atoms with Gasteiger partial charge in [0.1, 0.15) is 12.2 Å². The Morgan fingerprint density at radius 2 is 1.97 bits per heavy atom. The number of pyridine rings is 1. The molecule has 0 spiro atoms. The van der Waals surface area contributed by atoms with E-state index in [1.165, 1.54) is 17.0 Å². The standard InChI is InChI=1S/C22H19BrF3N5O/c1-29-12-27-28-20(29)19(13-4-2-5-13)14-6-3-7-16(8-14)30-11-18-17(22(24,25)26)9-15(23)10-31(18)21(30)32/h3,6-13,19H,2,4-5H2,1H3. The molecule has 1 aliphatic rings. The molecule has 0 N–H and O–H groups in total. The van der Waals surface area contributed by atoms with E-state index in [1.54, 1.807) is 12.4 Å². The van der Waals surface area contributed by atoms with Crippen LogP contribution in [0.25, 0.3) is 11.2 Å². The van der Waals surface area contributed by atoms with Crippen LogP contribution in [-0.4, -0.2) is 23.7 Å². The second-order valence-corrected chi connectivity index (χ2v) is 9.09. The Labute approximate surface area is 189 Å². The third-order valence-corrected chi connectivity index (χ3v) is 6.63. The van der Waals surface area contributed by atoms with Gasteiger partial charge in [0.15, 0.2) is 0 Å². The predicted molar refractivity (Wildman–Crippen MR) is 116 cm³/mol. The Hall–Kier alpha value is -2.88. The number of hydrogen-bond donors (Lipinski definition) is 0. The van der Waals surface area contributed by atoms with Crippen LogP contribution in [0.2, 0.25) is 0 Å². The Balaban J connectivity index is 1.66. The molecule has 1 unspecified atom stereocenters. The van der Waals surface area contributed by atoms with Crippen molar-refractivity contribution in [3.8, 4) is 5.69 Å². The summed E-state index contributed by atoms with van der Waals surface area (Å²) in [4.78, 5) is 13.0. The summed E-state index contributed by atoms with van der Waals surface area (Å²) in [6, 6.07) is 8.36. The molecule has 166 valence electrons. The monoisotopic (exact) mass is 505 g/mol. The number of nitrogens with zero attached hydrogens (tertiary/aromatic N) is 5. The SMILES string of the molecule is Cn1cnnc1C(c1cccc(-n2cc3c(C(F)(F)F)cc(Br)cn3c2=O)c1)C1CCC1. The van der Waals surface area contributed by atoms with Gasteiger partial charge < -0.3 is 4.57 Å². The van der Waals surface area contributed by atoms with E-state index < -0.39 is 17.4 Å². The fourth-order valence-electron chi connectivity index (χ4n) is 4.41. The lowest BCUT2D eigenvalue weighted by molar-refractivity contribution is -0.136. The van der Waals surface area contributed by atoms with E-state index >= 15 is 0 Å². The number of halogens is 4. The van der Waals surface area contributed by atoms with E-state index in [0.29, 0.717) is 11.6 Å². The number of benzene rings is 1. The zero-order valence-corrected chi connectivity index (χ0v) is 18.6. The lowest BCUT2D eigenvalue weighted by Gasteiger charge is -2.33. The molecule has 3 heterocycles. The van der Waals surface area contributed by atoms with Gasteiger partial charge in [-0.1, -0.05) is 18.6 Å². The molecule has 1 atom stereocenters. The highest BCUT2D eigenvalue weighted by Gasteiger charge is 2.35. The zero-order valence-electron chi connectivity index (χ0n) is 17.1. The fourth-order valence-corrected chi connectivity index (χ4v) is 4.85. The van der Waals surface area contributed by atoms with Crippen molar-refractivity contribution >= 4 is 21.4 Å². The van der Waals surface area contributed by atoms with Gasteiger partial charge in [-0.3, -0.25) is 8.97 Å². The van der Waals surface area contributed by atoms with Crippen molar-refractivity contribution in [1.82, 2.24) is 23.7 Å². The number of imidazole rings is 1. The quantitative estimate of drug-likeness (QED) is 0.395. The van der Waals surface area contributed by atoms with Gasteiger partial charge in [0.25, 0.3) is 0 Å². The van der Waals surface area contributed by atoms with Gasteiger partial charge in [-0.25, -0.2) is 4.79 Å². The number of rotatable bonds is 4. The maximum Gasteiger partial charge on any atom is 0.418 e. The van der Waals surface area contributed by atoms with Crippen LogP contribution in [0.1, 0.15) is 42.1 Å². The highest BCUT2D eigenvalue weighted by Crippen LogP contribution is 2.43. The van der Waals surface area contributed by atoms with Gasteiger partial charge in [0.2, 0.25) is 0 Å². The fraction of sp³-hybridized carbons (Fsp3) is 0.318. The van der Waals surface area contributed by atoms with Crippen LogP contribution < -0.4 is 5.69 Å². The van der Waals surface area contributed by atoms with Gasteiger partial charge in [0, 0.05) is 29.8 Å². The number of aromatic nitrogens is 5. The molecular formula is C22H19BrF3N5O. The van der Waals surface area contributed by atoms with Crippen molar-refractivity contribution in [2.45, 2.75) is 31.4 Å². The van der Waals surface area contributed by atoms with Crippen LogP contribution in [0.15, 0.2) is 58.3 Å². The molecule has 1 fully saturated rings. The van der Waals surface area contributed by atoms with E-state index in [-0.39, 0.29) is 15.9 Å². The summed E-state index contributed by atoms with van der Waals surface area (Å²) < 4.78 is 45.1. The van der Waals surface area contributed by atoms with E-state index in [9.17, 15) is 18.0 Å². The summed E-state index contributed by atoms with van der Waals surface area (Å²) in [6.45, 7) is 0. The van der Waals surface area contributed by atoms with Crippen molar-refractivity contribution in [2.24, 2.45) is 13.0 Å². The van der Waals surface area contributed by atoms with Crippen LogP contribution in [0.5, 0.6) is 0 Å². The number of alkyl halides is 3. The Morgan fingerprint density at radius 3 is 2.59 bits per heavy atom. The number of hydrogen-bond acceptors (Lipinski definition) is 3. The smallest absolute Gasteiger partial charge is 0.320 e. The molecule has 3 aromatic heterocycles. The Morgan fingerprint density at radius 1 is 1.19 bits per heavy atom. The summed E-state index contributed by atoms with van der Waals surface area (Å²) in [5.74, 6) is 1.25. The third kappa shape index (κ3) is 3.46. The summed E-state index contributed by atoms with van der Waals surface area (Å²) in [6.07, 6.45) is 2.96. The lowest BCUT2D eigenvalue weighted by atomic mass is 9.72. The minimum Gasteiger partial charge on any atom is -0.320 e. The zero-order chi connectivity index (χ0) is 22.6. The molecule has 1 aromatic carbocycles. The number of aryl methyl sites for hydroxylation is 1. The average Bonchev–Trinajstić information content (AvgIpc) is 3.27. The van der Waals surface area contributed by atoms with E-state index in [0.717, 1.165) is 41.1 Å². The molecule has 6 nitrogen and oxygen atoms in total. The Kier molecular flexibility index (Phi) is 4.99. The highest BCUT2D eigenvalue weighted by molar-refractivity contribution is 9.10. The predicted octanol–water partition coefficient (Wildman–Crippen LogP) is 4.93. The van der Waals surface area contributed by atoms with Crippen LogP contribution in [0, 0.1) is 5.92 Å². The minimum atomic E-state index is -4.59. The van der Waals surface area contributed by atoms with Gasteiger partial charge >= 0.3 is 11.9 Å².